The Balaban J connectivity index is 0.000000288. The molecule has 4 rings (SSSR count). The molecule has 4 aromatic carbocycles. The molecule has 0 saturated heterocycles. The maximum absolute atomic E-state index is 12.7. The fourth-order valence-corrected chi connectivity index (χ4v) is 5.39. The summed E-state index contributed by atoms with van der Waals surface area (Å²) in [5, 5.41) is 0. The number of ether oxygens (including phenoxy) is 1. The number of allylic oxidation sites excluding steroid dienone is 4. The van der Waals surface area contributed by atoms with Crippen LogP contribution in [0.4, 0.5) is 0 Å². The summed E-state index contributed by atoms with van der Waals surface area (Å²) in [6.07, 6.45) is 11.9. The molecule has 266 valence electrons. The molecule has 0 aliphatic rings. The van der Waals surface area contributed by atoms with Crippen LogP contribution in [0, 0.1) is 19.8 Å². The van der Waals surface area contributed by atoms with E-state index < -0.39 is 23.5 Å². The maximum Gasteiger partial charge on any atom is 0.306 e. The Kier molecular flexibility index (Phi) is 17.5. The smallest absolute Gasteiger partial charge is 0.306 e. The molecule has 0 aromatic heterocycles. The number of halogens is 2. The molecular formula is C44H40Br2O6. The Hall–Kier alpha value is -5.05. The first-order valence-corrected chi connectivity index (χ1v) is 18.2. The van der Waals surface area contributed by atoms with Crippen molar-refractivity contribution in [3.8, 4) is 0 Å². The van der Waals surface area contributed by atoms with Gasteiger partial charge in [-0.1, -0.05) is 140 Å². The van der Waals surface area contributed by atoms with Crippen LogP contribution in [0.2, 0.25) is 0 Å². The van der Waals surface area contributed by atoms with Gasteiger partial charge in [0.15, 0.2) is 23.1 Å². The number of carbonyl (C=O) groups is 5. The van der Waals surface area contributed by atoms with Gasteiger partial charge in [0, 0.05) is 8.95 Å². The SMILES string of the molecule is CCOC(=O)CC(C(=O)/C=C/c1ccc(C)cc1)C(=O)/C=C/c1ccc(C)cc1.O=C(/C=C/c1cccc(Br)c1)CC(=O)/C=C/c1cccc(Br)c1. The number of aryl methyl sites for hydroxylation is 2. The standard InChI is InChI=1S/C25H26O4.C19H14Br2O2/c1-4-29-25(28)17-22(23(26)15-13-20-9-5-18(2)6-10-20)24(27)16-14-21-11-7-19(3)8-12-21;20-16-5-1-3-14(11-16)7-9-18(22)13-19(23)10-8-15-4-2-6-17(21)12-15/h5-16,22H,4,17H2,1-3H3;1-12H,13H2/b15-13+,16-14+;9-7+,10-8+. The van der Waals surface area contributed by atoms with Crippen LogP contribution in [-0.2, 0) is 28.7 Å². The number of benzene rings is 4. The third-order valence-corrected chi connectivity index (χ3v) is 8.35. The summed E-state index contributed by atoms with van der Waals surface area (Å²) in [5.74, 6) is -2.93. The molecule has 0 heterocycles. The minimum Gasteiger partial charge on any atom is -0.466 e. The molecule has 0 bridgehead atoms. The van der Waals surface area contributed by atoms with E-state index in [9.17, 15) is 24.0 Å². The van der Waals surface area contributed by atoms with Crippen LogP contribution in [0.15, 0.2) is 130 Å². The fourth-order valence-electron chi connectivity index (χ4n) is 4.56. The Morgan fingerprint density at radius 1 is 0.577 bits per heavy atom. The highest BCUT2D eigenvalue weighted by molar-refractivity contribution is 9.10. The molecule has 8 heteroatoms. The van der Waals surface area contributed by atoms with E-state index in [4.69, 9.17) is 4.74 Å². The minimum atomic E-state index is -1.10. The largest absolute Gasteiger partial charge is 0.466 e. The molecule has 0 saturated carbocycles. The van der Waals surface area contributed by atoms with Crippen LogP contribution < -0.4 is 0 Å². The summed E-state index contributed by atoms with van der Waals surface area (Å²) >= 11 is 6.74. The second-order valence-corrected chi connectivity index (χ2v) is 13.6. The summed E-state index contributed by atoms with van der Waals surface area (Å²) in [4.78, 5) is 60.9. The van der Waals surface area contributed by atoms with Crippen LogP contribution in [0.25, 0.3) is 24.3 Å². The minimum absolute atomic E-state index is 0.130. The lowest BCUT2D eigenvalue weighted by Crippen LogP contribution is -2.25. The van der Waals surface area contributed by atoms with Crippen molar-refractivity contribution >= 4 is 85.3 Å². The topological polar surface area (TPSA) is 94.6 Å². The summed E-state index contributed by atoms with van der Waals surface area (Å²) < 4.78 is 6.82. The summed E-state index contributed by atoms with van der Waals surface area (Å²) in [6.45, 7) is 5.84. The van der Waals surface area contributed by atoms with Gasteiger partial charge in [0.2, 0.25) is 0 Å². The highest BCUT2D eigenvalue weighted by Gasteiger charge is 2.26. The van der Waals surface area contributed by atoms with Crippen molar-refractivity contribution < 1.29 is 28.7 Å². The molecule has 0 aliphatic heterocycles. The lowest BCUT2D eigenvalue weighted by atomic mass is 9.93. The van der Waals surface area contributed by atoms with Gasteiger partial charge in [-0.3, -0.25) is 24.0 Å². The monoisotopic (exact) mass is 822 g/mol. The van der Waals surface area contributed by atoms with Gasteiger partial charge < -0.3 is 4.74 Å². The first-order chi connectivity index (χ1) is 24.9. The van der Waals surface area contributed by atoms with Crippen LogP contribution in [-0.4, -0.2) is 35.7 Å². The zero-order valence-electron chi connectivity index (χ0n) is 29.3. The van der Waals surface area contributed by atoms with Crippen LogP contribution in [0.3, 0.4) is 0 Å². The van der Waals surface area contributed by atoms with Crippen molar-refractivity contribution in [2.75, 3.05) is 6.61 Å². The Morgan fingerprint density at radius 2 is 0.981 bits per heavy atom. The summed E-state index contributed by atoms with van der Waals surface area (Å²) in [6, 6.07) is 30.5. The predicted molar refractivity (Wildman–Crippen MR) is 216 cm³/mol. The fraction of sp³-hybridized carbons (Fsp3) is 0.159. The normalized spacial score (nSPS) is 11.3. The van der Waals surface area contributed by atoms with E-state index in [1.165, 1.54) is 24.3 Å². The predicted octanol–water partition coefficient (Wildman–Crippen LogP) is 10.2. The summed E-state index contributed by atoms with van der Waals surface area (Å²) in [7, 11) is 0. The number of ketones is 4. The molecule has 0 spiro atoms. The van der Waals surface area contributed by atoms with E-state index in [0.29, 0.717) is 0 Å². The third kappa shape index (κ3) is 15.9. The number of rotatable bonds is 15. The Labute approximate surface area is 322 Å². The molecule has 52 heavy (non-hydrogen) atoms. The van der Waals surface area contributed by atoms with E-state index in [0.717, 1.165) is 42.3 Å². The Morgan fingerprint density at radius 3 is 1.37 bits per heavy atom. The maximum atomic E-state index is 12.7. The highest BCUT2D eigenvalue weighted by Crippen LogP contribution is 2.16. The number of hydrogen-bond acceptors (Lipinski definition) is 6. The molecule has 0 aliphatic carbocycles. The van der Waals surface area contributed by atoms with Crippen LogP contribution in [0.1, 0.15) is 53.1 Å². The lowest BCUT2D eigenvalue weighted by molar-refractivity contribution is -0.147. The van der Waals surface area contributed by atoms with E-state index in [2.05, 4.69) is 31.9 Å². The third-order valence-electron chi connectivity index (χ3n) is 7.37. The van der Waals surface area contributed by atoms with Gasteiger partial charge in [0.05, 0.1) is 25.4 Å². The molecule has 0 N–H and O–H groups in total. The van der Waals surface area contributed by atoms with Gasteiger partial charge in [0.25, 0.3) is 0 Å². The molecule has 4 aromatic rings. The number of hydrogen-bond donors (Lipinski definition) is 0. The van der Waals surface area contributed by atoms with Gasteiger partial charge in [-0.05, 0) is 91.6 Å². The van der Waals surface area contributed by atoms with E-state index in [-0.39, 0.29) is 31.0 Å². The quantitative estimate of drug-likeness (QED) is 0.0673. The van der Waals surface area contributed by atoms with Gasteiger partial charge in [-0.25, -0.2) is 0 Å². The van der Waals surface area contributed by atoms with E-state index >= 15 is 0 Å². The zero-order valence-corrected chi connectivity index (χ0v) is 32.4. The van der Waals surface area contributed by atoms with E-state index in [1.54, 1.807) is 31.2 Å². The van der Waals surface area contributed by atoms with Crippen molar-refractivity contribution in [1.82, 2.24) is 0 Å². The van der Waals surface area contributed by atoms with Crippen molar-refractivity contribution in [3.05, 3.63) is 164 Å². The van der Waals surface area contributed by atoms with Crippen molar-refractivity contribution in [2.45, 2.75) is 33.6 Å². The zero-order chi connectivity index (χ0) is 37.9. The lowest BCUT2D eigenvalue weighted by Gasteiger charge is -2.10. The van der Waals surface area contributed by atoms with Crippen molar-refractivity contribution in [3.63, 3.8) is 0 Å². The molecule has 0 amide bonds. The van der Waals surface area contributed by atoms with Crippen LogP contribution >= 0.6 is 31.9 Å². The second kappa shape index (κ2) is 22.0. The number of esters is 1. The van der Waals surface area contributed by atoms with Gasteiger partial charge in [-0.15, -0.1) is 0 Å². The van der Waals surface area contributed by atoms with Crippen molar-refractivity contribution in [2.24, 2.45) is 5.92 Å². The van der Waals surface area contributed by atoms with Gasteiger partial charge >= 0.3 is 5.97 Å². The average molecular weight is 825 g/mol. The molecule has 0 radical (unpaired) electrons. The number of carbonyl (C=O) groups excluding carboxylic acids is 5. The Bertz CT molecular complexity index is 1840. The van der Waals surface area contributed by atoms with Gasteiger partial charge in [-0.2, -0.15) is 0 Å². The molecule has 0 fully saturated rings. The first kappa shape index (κ1) is 41.4. The molecule has 0 unspecified atom stereocenters. The first-order valence-electron chi connectivity index (χ1n) is 16.6. The van der Waals surface area contributed by atoms with Crippen molar-refractivity contribution in [1.29, 1.82) is 0 Å². The van der Waals surface area contributed by atoms with Crippen LogP contribution in [0.5, 0.6) is 0 Å². The second-order valence-electron chi connectivity index (χ2n) is 11.7. The van der Waals surface area contributed by atoms with Gasteiger partial charge in [0.1, 0.15) is 0 Å². The molecule has 6 nitrogen and oxygen atoms in total. The molecule has 0 atom stereocenters. The van der Waals surface area contributed by atoms with E-state index in [1.807, 2.05) is 111 Å². The molecular weight excluding hydrogens is 784 g/mol. The summed E-state index contributed by atoms with van der Waals surface area (Å²) in [5.41, 5.74) is 5.74. The highest BCUT2D eigenvalue weighted by atomic mass is 79.9. The average Bonchev–Trinajstić information content (AvgIpc) is 3.12.